The summed E-state index contributed by atoms with van der Waals surface area (Å²) in [6.07, 6.45) is 1.63. The van der Waals surface area contributed by atoms with Crippen LogP contribution in [0, 0.1) is 17.8 Å². The zero-order valence-corrected chi connectivity index (χ0v) is 13.3. The molecule has 1 aliphatic carbocycles. The van der Waals surface area contributed by atoms with Gasteiger partial charge in [-0.3, -0.25) is 0 Å². The van der Waals surface area contributed by atoms with Gasteiger partial charge in [0.25, 0.3) is 0 Å². The molecule has 0 amide bonds. The Balaban J connectivity index is 2.19. The van der Waals surface area contributed by atoms with Gasteiger partial charge in [0.05, 0.1) is 0 Å². The van der Waals surface area contributed by atoms with Gasteiger partial charge in [-0.15, -0.1) is 0 Å². The Hall–Kier alpha value is -1.26. The molecule has 0 heterocycles. The second-order valence-electron chi connectivity index (χ2n) is 6.44. The van der Waals surface area contributed by atoms with Crippen molar-refractivity contribution in [1.29, 1.82) is 0 Å². The highest BCUT2D eigenvalue weighted by atomic mass is 16.3. The predicted molar refractivity (Wildman–Crippen MR) is 89.2 cm³/mol. The molecule has 1 heteroatoms. The van der Waals surface area contributed by atoms with Gasteiger partial charge in [0.2, 0.25) is 0 Å². The van der Waals surface area contributed by atoms with E-state index in [1.165, 1.54) is 0 Å². The summed E-state index contributed by atoms with van der Waals surface area (Å²) in [6, 6.07) is 7.49. The molecule has 2 rings (SSSR count). The van der Waals surface area contributed by atoms with Crippen LogP contribution in [-0.2, 0) is 0 Å². The first-order valence-corrected chi connectivity index (χ1v) is 7.90. The fourth-order valence-electron chi connectivity index (χ4n) is 2.67. The van der Waals surface area contributed by atoms with Crippen LogP contribution in [0.5, 0.6) is 0 Å². The molecule has 114 valence electrons. The third-order valence-corrected chi connectivity index (χ3v) is 3.81. The van der Waals surface area contributed by atoms with Crippen LogP contribution in [0.3, 0.4) is 0 Å². The largest absolute Gasteiger partial charge is 0.378 e. The van der Waals surface area contributed by atoms with Crippen LogP contribution in [0.1, 0.15) is 80.4 Å². The Morgan fingerprint density at radius 3 is 2.57 bits per heavy atom. The summed E-state index contributed by atoms with van der Waals surface area (Å²) >= 11 is 0. The average Bonchev–Trinajstić information content (AvgIpc) is 2.44. The van der Waals surface area contributed by atoms with E-state index in [0.717, 1.165) is 30.4 Å². The van der Waals surface area contributed by atoms with E-state index in [4.69, 9.17) is 4.11 Å². The first kappa shape index (κ1) is 12.3. The fraction of sp³-hybridized carbons (Fsp3) is 0.600. The molecular weight excluding hydrogens is 256 g/mol. The normalized spacial score (nSPS) is 30.5. The summed E-state index contributed by atoms with van der Waals surface area (Å²) in [6.45, 7) is 5.40. The van der Waals surface area contributed by atoms with E-state index in [1.807, 2.05) is 24.3 Å². The number of hydrogen-bond acceptors (Lipinski definition) is 1. The Bertz CT molecular complexity index is 605. The smallest absolute Gasteiger partial charge is 0.120 e. The van der Waals surface area contributed by atoms with Crippen LogP contribution >= 0.6 is 0 Å². The molecular formula is C20H28O. The van der Waals surface area contributed by atoms with Crippen molar-refractivity contribution in [2.75, 3.05) is 0 Å². The van der Waals surface area contributed by atoms with Gasteiger partial charge in [0, 0.05) is 9.68 Å². The second-order valence-corrected chi connectivity index (χ2v) is 6.44. The highest BCUT2D eigenvalue weighted by Crippen LogP contribution is 2.37. The van der Waals surface area contributed by atoms with Crippen LogP contribution in [-0.4, -0.2) is 10.7 Å². The summed E-state index contributed by atoms with van der Waals surface area (Å²) in [5.74, 6) is 5.64. The lowest BCUT2D eigenvalue weighted by Crippen LogP contribution is -2.14. The number of benzene rings is 1. The fourth-order valence-corrected chi connectivity index (χ4v) is 2.67. The minimum atomic E-state index is -1.34. The predicted octanol–water partition coefficient (Wildman–Crippen LogP) is 4.88. The number of rotatable bonds is 3. The summed E-state index contributed by atoms with van der Waals surface area (Å²) in [5.41, 5.74) is 0.645. The van der Waals surface area contributed by atoms with E-state index < -0.39 is 18.4 Å². The monoisotopic (exact) mass is 287 g/mol. The van der Waals surface area contributed by atoms with Gasteiger partial charge in [-0.05, 0) is 69.0 Å². The molecule has 0 saturated heterocycles. The maximum absolute atomic E-state index is 9.66. The van der Waals surface area contributed by atoms with Gasteiger partial charge < -0.3 is 5.11 Å². The molecule has 1 saturated carbocycles. The topological polar surface area (TPSA) is 20.2 Å². The van der Waals surface area contributed by atoms with Crippen molar-refractivity contribution in [3.8, 4) is 11.8 Å². The van der Waals surface area contributed by atoms with Gasteiger partial charge >= 0.3 is 0 Å². The summed E-state index contributed by atoms with van der Waals surface area (Å²) < 4.78 is 25.4. The van der Waals surface area contributed by atoms with Crippen LogP contribution in [0.25, 0.3) is 0 Å². The quantitative estimate of drug-likeness (QED) is 0.785. The van der Waals surface area contributed by atoms with Gasteiger partial charge in [-0.2, -0.15) is 0 Å². The van der Waals surface area contributed by atoms with Crippen molar-refractivity contribution in [1.82, 2.24) is 0 Å². The first-order chi connectivity index (χ1) is 11.1. The molecule has 0 spiro atoms. The third-order valence-electron chi connectivity index (χ3n) is 3.81. The molecule has 1 aliphatic rings. The van der Waals surface area contributed by atoms with E-state index in [2.05, 4.69) is 18.8 Å². The molecule has 1 fully saturated rings. The molecule has 1 aromatic carbocycles. The van der Waals surface area contributed by atoms with E-state index in [1.54, 1.807) is 13.8 Å². The van der Waals surface area contributed by atoms with Crippen molar-refractivity contribution in [3.05, 3.63) is 35.4 Å². The van der Waals surface area contributed by atoms with Gasteiger partial charge in [0.15, 0.2) is 0 Å². The molecule has 1 aromatic rings. The van der Waals surface area contributed by atoms with Crippen LogP contribution in [0.15, 0.2) is 24.3 Å². The molecule has 0 aromatic heterocycles. The highest BCUT2D eigenvalue weighted by molar-refractivity contribution is 5.38. The molecule has 21 heavy (non-hydrogen) atoms. The van der Waals surface area contributed by atoms with Crippen molar-refractivity contribution in [2.45, 2.75) is 70.7 Å². The zero-order valence-electron chi connectivity index (χ0n) is 16.3. The Kier molecular flexibility index (Phi) is 4.18. The molecule has 3 atom stereocenters. The number of hydrogen-bond donors (Lipinski definition) is 1. The maximum atomic E-state index is 9.66. The molecule has 0 bridgehead atoms. The summed E-state index contributed by atoms with van der Waals surface area (Å²) in [5, 5.41) is 9.66. The third kappa shape index (κ3) is 5.21. The Labute approximate surface area is 134 Å². The standard InChI is InChI=1S/C20H28O/c1-4-5-16-6-10-18(11-7-16)19-12-8-17(9-13-19)14-15-20(2,3)21/h8-9,12-13,16,18,21H,4-7,10-11H2,1-3H3/t16-,18-/i10D,11D2/t10?,16-,18-/m0/s1. The lowest BCUT2D eigenvalue weighted by atomic mass is 9.77. The molecule has 0 radical (unpaired) electrons. The molecule has 1 unspecified atom stereocenters. The molecule has 0 aliphatic heterocycles. The summed E-state index contributed by atoms with van der Waals surface area (Å²) in [4.78, 5) is 0. The zero-order chi connectivity index (χ0) is 18.0. The van der Waals surface area contributed by atoms with Crippen LogP contribution in [0.2, 0.25) is 0 Å². The minimum Gasteiger partial charge on any atom is -0.378 e. The number of aliphatic hydroxyl groups is 1. The van der Waals surface area contributed by atoms with Crippen LogP contribution < -0.4 is 0 Å². The average molecular weight is 287 g/mol. The lowest BCUT2D eigenvalue weighted by molar-refractivity contribution is 0.143. The lowest BCUT2D eigenvalue weighted by Gasteiger charge is -2.28. The van der Waals surface area contributed by atoms with E-state index in [0.29, 0.717) is 12.3 Å². The van der Waals surface area contributed by atoms with Crippen molar-refractivity contribution in [2.24, 2.45) is 5.92 Å². The second kappa shape index (κ2) is 7.14. The van der Waals surface area contributed by atoms with Gasteiger partial charge in [0.1, 0.15) is 5.60 Å². The Morgan fingerprint density at radius 2 is 2.00 bits per heavy atom. The van der Waals surface area contributed by atoms with E-state index in [9.17, 15) is 5.11 Å². The highest BCUT2D eigenvalue weighted by Gasteiger charge is 2.21. The first-order valence-electron chi connectivity index (χ1n) is 9.48. The van der Waals surface area contributed by atoms with E-state index in [-0.39, 0.29) is 5.92 Å². The summed E-state index contributed by atoms with van der Waals surface area (Å²) in [7, 11) is 0. The van der Waals surface area contributed by atoms with Crippen LogP contribution in [0.4, 0.5) is 0 Å². The molecule has 1 N–H and O–H groups in total. The minimum absolute atomic E-state index is 0.320. The van der Waals surface area contributed by atoms with Crippen molar-refractivity contribution < 1.29 is 9.22 Å². The van der Waals surface area contributed by atoms with E-state index >= 15 is 0 Å². The van der Waals surface area contributed by atoms with Crippen molar-refractivity contribution >= 4 is 0 Å². The van der Waals surface area contributed by atoms with Crippen molar-refractivity contribution in [3.63, 3.8) is 0 Å². The molecule has 1 nitrogen and oxygen atoms in total. The SMILES string of the molecule is [2H]C1C[C@H](CCC)CC([2H])([2H])[C@H]1c1ccc(C#CC(C)(C)O)cc1. The van der Waals surface area contributed by atoms with Gasteiger partial charge in [-0.1, -0.05) is 43.7 Å². The maximum Gasteiger partial charge on any atom is 0.120 e. The van der Waals surface area contributed by atoms with Gasteiger partial charge in [-0.25, -0.2) is 0 Å². The Morgan fingerprint density at radius 1 is 1.29 bits per heavy atom.